The van der Waals surface area contributed by atoms with Gasteiger partial charge in [0.2, 0.25) is 0 Å². The number of hydrogen-bond donors (Lipinski definition) is 2. The lowest BCUT2D eigenvalue weighted by atomic mass is 10.2. The fourth-order valence-corrected chi connectivity index (χ4v) is 1.42. The SMILES string of the molecule is CCOC(=O)CCCNc1cc(F)cc(F)c1N. The molecule has 100 valence electrons. The molecule has 0 fully saturated rings. The summed E-state index contributed by atoms with van der Waals surface area (Å²) in [7, 11) is 0. The topological polar surface area (TPSA) is 64.3 Å². The van der Waals surface area contributed by atoms with Crippen LogP contribution >= 0.6 is 0 Å². The van der Waals surface area contributed by atoms with E-state index in [1.807, 2.05) is 0 Å². The van der Waals surface area contributed by atoms with Crippen LogP contribution in [0.15, 0.2) is 12.1 Å². The predicted molar refractivity (Wildman–Crippen MR) is 65.1 cm³/mol. The second kappa shape index (κ2) is 6.78. The molecule has 0 spiro atoms. The standard InChI is InChI=1S/C12H16F2N2O2/c1-2-18-11(17)4-3-5-16-10-7-8(13)6-9(14)12(10)15/h6-7,16H,2-5,15H2,1H3. The maximum Gasteiger partial charge on any atom is 0.305 e. The molecule has 1 aromatic carbocycles. The Morgan fingerprint density at radius 3 is 2.83 bits per heavy atom. The van der Waals surface area contributed by atoms with Crippen molar-refractivity contribution in [2.75, 3.05) is 24.2 Å². The zero-order valence-electron chi connectivity index (χ0n) is 10.1. The van der Waals surface area contributed by atoms with Crippen molar-refractivity contribution in [2.45, 2.75) is 19.8 Å². The Hall–Kier alpha value is -1.85. The molecule has 3 N–H and O–H groups in total. The Labute approximate surface area is 104 Å². The smallest absolute Gasteiger partial charge is 0.305 e. The average Bonchev–Trinajstić information content (AvgIpc) is 2.31. The van der Waals surface area contributed by atoms with Gasteiger partial charge in [0.15, 0.2) is 5.82 Å². The van der Waals surface area contributed by atoms with Crippen LogP contribution in [0, 0.1) is 11.6 Å². The van der Waals surface area contributed by atoms with E-state index in [4.69, 9.17) is 10.5 Å². The summed E-state index contributed by atoms with van der Waals surface area (Å²) in [4.78, 5) is 11.0. The molecule has 0 aliphatic rings. The predicted octanol–water partition coefficient (Wildman–Crippen LogP) is 2.30. The van der Waals surface area contributed by atoms with E-state index in [0.717, 1.165) is 12.1 Å². The van der Waals surface area contributed by atoms with Gasteiger partial charge in [-0.3, -0.25) is 4.79 Å². The molecule has 18 heavy (non-hydrogen) atoms. The van der Waals surface area contributed by atoms with Crippen molar-refractivity contribution in [3.63, 3.8) is 0 Å². The van der Waals surface area contributed by atoms with Crippen LogP contribution in [-0.2, 0) is 9.53 Å². The summed E-state index contributed by atoms with van der Waals surface area (Å²) in [6.45, 7) is 2.45. The van der Waals surface area contributed by atoms with Crippen molar-refractivity contribution in [2.24, 2.45) is 0 Å². The third-order valence-electron chi connectivity index (χ3n) is 2.27. The minimum Gasteiger partial charge on any atom is -0.466 e. The second-order valence-corrected chi connectivity index (χ2v) is 3.68. The number of anilines is 2. The molecule has 0 atom stereocenters. The summed E-state index contributed by atoms with van der Waals surface area (Å²) in [5.74, 6) is -1.80. The molecule has 0 radical (unpaired) electrons. The van der Waals surface area contributed by atoms with Gasteiger partial charge in [-0.1, -0.05) is 0 Å². The highest BCUT2D eigenvalue weighted by Gasteiger charge is 2.08. The van der Waals surface area contributed by atoms with E-state index in [-0.39, 0.29) is 23.8 Å². The van der Waals surface area contributed by atoms with E-state index in [2.05, 4.69) is 5.32 Å². The summed E-state index contributed by atoms with van der Waals surface area (Å²) < 4.78 is 30.8. The van der Waals surface area contributed by atoms with Crippen molar-refractivity contribution >= 4 is 17.3 Å². The largest absolute Gasteiger partial charge is 0.466 e. The zero-order valence-corrected chi connectivity index (χ0v) is 10.1. The fourth-order valence-electron chi connectivity index (χ4n) is 1.42. The van der Waals surface area contributed by atoms with Gasteiger partial charge in [-0.05, 0) is 19.4 Å². The van der Waals surface area contributed by atoms with Crippen molar-refractivity contribution in [3.8, 4) is 0 Å². The van der Waals surface area contributed by atoms with Gasteiger partial charge >= 0.3 is 5.97 Å². The molecule has 4 nitrogen and oxygen atoms in total. The summed E-state index contributed by atoms with van der Waals surface area (Å²) >= 11 is 0. The summed E-state index contributed by atoms with van der Waals surface area (Å²) in [6, 6.07) is 1.84. The number of nitrogens with one attached hydrogen (secondary N) is 1. The first kappa shape index (κ1) is 14.2. The van der Waals surface area contributed by atoms with Crippen LogP contribution < -0.4 is 11.1 Å². The zero-order chi connectivity index (χ0) is 13.5. The molecule has 0 saturated carbocycles. The van der Waals surface area contributed by atoms with Crippen molar-refractivity contribution in [3.05, 3.63) is 23.8 Å². The lowest BCUT2D eigenvalue weighted by Crippen LogP contribution is -2.10. The summed E-state index contributed by atoms with van der Waals surface area (Å²) in [5.41, 5.74) is 5.50. The third kappa shape index (κ3) is 4.20. The van der Waals surface area contributed by atoms with Crippen LogP contribution in [-0.4, -0.2) is 19.1 Å². The first-order valence-electron chi connectivity index (χ1n) is 5.68. The highest BCUT2D eigenvalue weighted by molar-refractivity contribution is 5.69. The van der Waals surface area contributed by atoms with E-state index in [1.165, 1.54) is 0 Å². The number of halogens is 2. The summed E-state index contributed by atoms with van der Waals surface area (Å²) in [6.07, 6.45) is 0.745. The van der Waals surface area contributed by atoms with Gasteiger partial charge in [0.05, 0.1) is 18.0 Å². The number of carbonyl (C=O) groups excluding carboxylic acids is 1. The maximum absolute atomic E-state index is 13.1. The monoisotopic (exact) mass is 258 g/mol. The molecule has 1 aromatic rings. The van der Waals surface area contributed by atoms with E-state index in [1.54, 1.807) is 6.92 Å². The molecule has 6 heteroatoms. The van der Waals surface area contributed by atoms with Crippen molar-refractivity contribution in [1.29, 1.82) is 0 Å². The van der Waals surface area contributed by atoms with E-state index in [9.17, 15) is 13.6 Å². The Morgan fingerprint density at radius 1 is 1.44 bits per heavy atom. The number of nitrogens with two attached hydrogens (primary N) is 1. The molecule has 0 aliphatic carbocycles. The molecule has 0 amide bonds. The molecule has 0 saturated heterocycles. The van der Waals surface area contributed by atoms with Crippen LogP contribution in [0.4, 0.5) is 20.2 Å². The first-order chi connectivity index (χ1) is 8.54. The van der Waals surface area contributed by atoms with Crippen LogP contribution in [0.2, 0.25) is 0 Å². The molecule has 0 bridgehead atoms. The van der Waals surface area contributed by atoms with Gasteiger partial charge in [-0.25, -0.2) is 8.78 Å². The van der Waals surface area contributed by atoms with Crippen LogP contribution in [0.1, 0.15) is 19.8 Å². The Kier molecular flexibility index (Phi) is 5.35. The third-order valence-corrected chi connectivity index (χ3v) is 2.27. The average molecular weight is 258 g/mol. The summed E-state index contributed by atoms with van der Waals surface area (Å²) in [5, 5.41) is 2.78. The van der Waals surface area contributed by atoms with Crippen LogP contribution in [0.5, 0.6) is 0 Å². The van der Waals surface area contributed by atoms with E-state index in [0.29, 0.717) is 19.6 Å². The Bertz CT molecular complexity index is 425. The minimum atomic E-state index is -0.803. The van der Waals surface area contributed by atoms with E-state index < -0.39 is 11.6 Å². The van der Waals surface area contributed by atoms with Gasteiger partial charge < -0.3 is 15.8 Å². The molecular weight excluding hydrogens is 242 g/mol. The molecular formula is C12H16F2N2O2. The van der Waals surface area contributed by atoms with Crippen LogP contribution in [0.3, 0.4) is 0 Å². The number of nitrogen functional groups attached to an aromatic ring is 1. The molecule has 1 rings (SSSR count). The highest BCUT2D eigenvalue weighted by atomic mass is 19.1. The van der Waals surface area contributed by atoms with Crippen LogP contribution in [0.25, 0.3) is 0 Å². The first-order valence-corrected chi connectivity index (χ1v) is 5.68. The van der Waals surface area contributed by atoms with Gasteiger partial charge in [-0.2, -0.15) is 0 Å². The lowest BCUT2D eigenvalue weighted by molar-refractivity contribution is -0.143. The van der Waals surface area contributed by atoms with Gasteiger partial charge in [0.1, 0.15) is 5.82 Å². The number of benzene rings is 1. The number of ether oxygens (including phenoxy) is 1. The number of rotatable bonds is 6. The molecule has 0 heterocycles. The number of esters is 1. The van der Waals surface area contributed by atoms with E-state index >= 15 is 0 Å². The van der Waals surface area contributed by atoms with Gasteiger partial charge in [-0.15, -0.1) is 0 Å². The minimum absolute atomic E-state index is 0.132. The molecule has 0 aliphatic heterocycles. The fraction of sp³-hybridized carbons (Fsp3) is 0.417. The maximum atomic E-state index is 13.1. The quantitative estimate of drug-likeness (QED) is 0.467. The normalized spacial score (nSPS) is 10.2. The lowest BCUT2D eigenvalue weighted by Gasteiger charge is -2.09. The van der Waals surface area contributed by atoms with Gasteiger partial charge in [0, 0.05) is 19.0 Å². The highest BCUT2D eigenvalue weighted by Crippen LogP contribution is 2.23. The van der Waals surface area contributed by atoms with Crippen molar-refractivity contribution in [1.82, 2.24) is 0 Å². The Balaban J connectivity index is 2.42. The number of carbonyl (C=O) groups is 1. The molecule has 0 aromatic heterocycles. The number of hydrogen-bond acceptors (Lipinski definition) is 4. The van der Waals surface area contributed by atoms with Gasteiger partial charge in [0.25, 0.3) is 0 Å². The molecule has 0 unspecified atom stereocenters. The Morgan fingerprint density at radius 2 is 2.17 bits per heavy atom. The second-order valence-electron chi connectivity index (χ2n) is 3.68. The van der Waals surface area contributed by atoms with Crippen molar-refractivity contribution < 1.29 is 18.3 Å².